The molecular weight excluding hydrogens is 224 g/mol. The third kappa shape index (κ3) is 3.64. The van der Waals surface area contributed by atoms with Gasteiger partial charge in [-0.2, -0.15) is 0 Å². The average Bonchev–Trinajstić information content (AvgIpc) is 2.30. The van der Waals surface area contributed by atoms with E-state index in [0.29, 0.717) is 11.5 Å². The highest BCUT2D eigenvalue weighted by molar-refractivity contribution is 5.68. The summed E-state index contributed by atoms with van der Waals surface area (Å²) in [6.07, 6.45) is 0. The average molecular weight is 240 g/mol. The number of carboxylic acid groups (broad SMARTS) is 1. The maximum Gasteiger partial charge on any atom is 0.329 e. The van der Waals surface area contributed by atoms with Crippen molar-refractivity contribution in [3.63, 3.8) is 0 Å². The molecule has 0 aromatic heterocycles. The zero-order valence-electron chi connectivity index (χ0n) is 10.1. The zero-order chi connectivity index (χ0) is 12.8. The molecule has 1 rings (SSSR count). The Hall–Kier alpha value is -1.75. The number of carbonyl (C=O) groups is 1. The molecule has 0 aliphatic rings. The van der Waals surface area contributed by atoms with E-state index in [4.69, 9.17) is 19.3 Å². The summed E-state index contributed by atoms with van der Waals surface area (Å²) in [7, 11) is 3.12. The summed E-state index contributed by atoms with van der Waals surface area (Å²) in [6, 6.07) is 3.62. The molecular formula is C12H16O5. The van der Waals surface area contributed by atoms with Crippen molar-refractivity contribution >= 4 is 5.97 Å². The second-order valence-corrected chi connectivity index (χ2v) is 3.52. The van der Waals surface area contributed by atoms with Gasteiger partial charge in [-0.15, -0.1) is 0 Å². The van der Waals surface area contributed by atoms with Gasteiger partial charge in [0.1, 0.15) is 6.61 Å². The largest absolute Gasteiger partial charge is 0.493 e. The maximum absolute atomic E-state index is 10.3. The Morgan fingerprint density at radius 3 is 2.35 bits per heavy atom. The molecule has 94 valence electrons. The van der Waals surface area contributed by atoms with Crippen molar-refractivity contribution in [2.75, 3.05) is 20.8 Å². The van der Waals surface area contributed by atoms with E-state index in [-0.39, 0.29) is 13.2 Å². The van der Waals surface area contributed by atoms with Crippen LogP contribution >= 0.6 is 0 Å². The van der Waals surface area contributed by atoms with Crippen LogP contribution in [0.3, 0.4) is 0 Å². The third-order valence-electron chi connectivity index (χ3n) is 2.33. The molecule has 5 heteroatoms. The van der Waals surface area contributed by atoms with E-state index in [1.54, 1.807) is 20.3 Å². The van der Waals surface area contributed by atoms with Crippen molar-refractivity contribution < 1.29 is 24.1 Å². The molecule has 0 radical (unpaired) electrons. The third-order valence-corrected chi connectivity index (χ3v) is 2.33. The number of benzene rings is 1. The number of rotatable bonds is 6. The molecule has 0 aliphatic carbocycles. The molecule has 0 spiro atoms. The number of hydrogen-bond acceptors (Lipinski definition) is 4. The molecule has 0 heterocycles. The Morgan fingerprint density at radius 2 is 1.82 bits per heavy atom. The fraction of sp³-hybridized carbons (Fsp3) is 0.417. The van der Waals surface area contributed by atoms with E-state index in [9.17, 15) is 4.79 Å². The molecule has 0 saturated carbocycles. The Balaban J connectivity index is 2.81. The molecule has 0 unspecified atom stereocenters. The van der Waals surface area contributed by atoms with Crippen LogP contribution in [0, 0.1) is 6.92 Å². The van der Waals surface area contributed by atoms with Gasteiger partial charge in [0, 0.05) is 0 Å². The summed E-state index contributed by atoms with van der Waals surface area (Å²) in [5.41, 5.74) is 1.84. The number of carboxylic acids is 1. The summed E-state index contributed by atoms with van der Waals surface area (Å²) < 4.78 is 15.4. The van der Waals surface area contributed by atoms with E-state index in [1.807, 2.05) is 13.0 Å². The van der Waals surface area contributed by atoms with Crippen LogP contribution in [0.15, 0.2) is 12.1 Å². The van der Waals surface area contributed by atoms with E-state index in [0.717, 1.165) is 11.1 Å². The number of hydrogen-bond donors (Lipinski definition) is 1. The Bertz CT molecular complexity index is 400. The molecule has 0 fully saturated rings. The Labute approximate surface area is 99.9 Å². The molecule has 0 atom stereocenters. The first kappa shape index (κ1) is 13.3. The van der Waals surface area contributed by atoms with E-state index >= 15 is 0 Å². The standard InChI is InChI=1S/C12H16O5/c1-8-4-10(15-2)11(16-3)5-9(8)6-17-7-12(13)14/h4-5H,6-7H2,1-3H3,(H,13,14). The van der Waals surface area contributed by atoms with Crippen LogP contribution in [0.1, 0.15) is 11.1 Å². The minimum absolute atomic E-state index is 0.235. The van der Waals surface area contributed by atoms with Crippen LogP contribution in [0.25, 0.3) is 0 Å². The van der Waals surface area contributed by atoms with Crippen molar-refractivity contribution in [2.45, 2.75) is 13.5 Å². The normalized spacial score (nSPS) is 10.1. The topological polar surface area (TPSA) is 65.0 Å². The van der Waals surface area contributed by atoms with Crippen molar-refractivity contribution in [2.24, 2.45) is 0 Å². The molecule has 1 N–H and O–H groups in total. The molecule has 0 saturated heterocycles. The highest BCUT2D eigenvalue weighted by Gasteiger charge is 2.09. The van der Waals surface area contributed by atoms with Gasteiger partial charge in [-0.25, -0.2) is 4.79 Å². The van der Waals surface area contributed by atoms with Crippen molar-refractivity contribution in [3.05, 3.63) is 23.3 Å². The quantitative estimate of drug-likeness (QED) is 0.818. The van der Waals surface area contributed by atoms with Crippen LogP contribution in [0.2, 0.25) is 0 Å². The minimum Gasteiger partial charge on any atom is -0.493 e. The fourth-order valence-corrected chi connectivity index (χ4v) is 1.43. The second kappa shape index (κ2) is 6.10. The molecule has 1 aromatic carbocycles. The molecule has 5 nitrogen and oxygen atoms in total. The van der Waals surface area contributed by atoms with Gasteiger partial charge in [0.15, 0.2) is 11.5 Å². The lowest BCUT2D eigenvalue weighted by Gasteiger charge is -2.12. The zero-order valence-corrected chi connectivity index (χ0v) is 10.1. The summed E-state index contributed by atoms with van der Waals surface area (Å²) in [5, 5.41) is 8.47. The predicted molar refractivity (Wildman–Crippen MR) is 61.6 cm³/mol. The molecule has 0 bridgehead atoms. The highest BCUT2D eigenvalue weighted by atomic mass is 16.5. The monoisotopic (exact) mass is 240 g/mol. The molecule has 0 amide bonds. The van der Waals surface area contributed by atoms with Gasteiger partial charge in [0.25, 0.3) is 0 Å². The SMILES string of the molecule is COc1cc(C)c(COCC(=O)O)cc1OC. The van der Waals surface area contributed by atoms with Crippen LogP contribution in [0.4, 0.5) is 0 Å². The van der Waals surface area contributed by atoms with Gasteiger partial charge in [-0.05, 0) is 30.2 Å². The summed E-state index contributed by atoms with van der Waals surface area (Å²) >= 11 is 0. The lowest BCUT2D eigenvalue weighted by molar-refractivity contribution is -0.142. The minimum atomic E-state index is -0.983. The van der Waals surface area contributed by atoms with Crippen molar-refractivity contribution in [3.8, 4) is 11.5 Å². The first-order valence-corrected chi connectivity index (χ1v) is 5.09. The lowest BCUT2D eigenvalue weighted by Crippen LogP contribution is -2.07. The van der Waals surface area contributed by atoms with Gasteiger partial charge in [0.2, 0.25) is 0 Å². The molecule has 0 aliphatic heterocycles. The lowest BCUT2D eigenvalue weighted by atomic mass is 10.1. The summed E-state index contributed by atoms with van der Waals surface area (Å²) in [4.78, 5) is 10.3. The maximum atomic E-state index is 10.3. The van der Waals surface area contributed by atoms with E-state index < -0.39 is 5.97 Å². The predicted octanol–water partition coefficient (Wildman–Crippen LogP) is 1.61. The number of aryl methyl sites for hydroxylation is 1. The number of methoxy groups -OCH3 is 2. The fourth-order valence-electron chi connectivity index (χ4n) is 1.43. The van der Waals surface area contributed by atoms with E-state index in [1.165, 1.54) is 0 Å². The molecule has 1 aromatic rings. The number of ether oxygens (including phenoxy) is 3. The van der Waals surface area contributed by atoms with E-state index in [2.05, 4.69) is 0 Å². The van der Waals surface area contributed by atoms with Crippen LogP contribution < -0.4 is 9.47 Å². The van der Waals surface area contributed by atoms with Crippen LogP contribution in [-0.2, 0) is 16.1 Å². The summed E-state index contributed by atoms with van der Waals surface area (Å²) in [6.45, 7) is 1.83. The first-order valence-electron chi connectivity index (χ1n) is 5.09. The van der Waals surface area contributed by atoms with Crippen LogP contribution in [-0.4, -0.2) is 31.9 Å². The Morgan fingerprint density at radius 1 is 1.24 bits per heavy atom. The summed E-state index contributed by atoms with van der Waals surface area (Å²) in [5.74, 6) is 0.266. The van der Waals surface area contributed by atoms with Gasteiger partial charge < -0.3 is 19.3 Å². The second-order valence-electron chi connectivity index (χ2n) is 3.52. The van der Waals surface area contributed by atoms with Crippen molar-refractivity contribution in [1.82, 2.24) is 0 Å². The van der Waals surface area contributed by atoms with Gasteiger partial charge >= 0.3 is 5.97 Å². The van der Waals surface area contributed by atoms with Gasteiger partial charge in [-0.3, -0.25) is 0 Å². The van der Waals surface area contributed by atoms with Crippen LogP contribution in [0.5, 0.6) is 11.5 Å². The van der Waals surface area contributed by atoms with Gasteiger partial charge in [0.05, 0.1) is 20.8 Å². The number of aliphatic carboxylic acids is 1. The van der Waals surface area contributed by atoms with Crippen molar-refractivity contribution in [1.29, 1.82) is 0 Å². The smallest absolute Gasteiger partial charge is 0.329 e. The highest BCUT2D eigenvalue weighted by Crippen LogP contribution is 2.30. The van der Waals surface area contributed by atoms with Gasteiger partial charge in [-0.1, -0.05) is 0 Å². The first-order chi connectivity index (χ1) is 8.08. The Kier molecular flexibility index (Phi) is 4.78. The molecule has 17 heavy (non-hydrogen) atoms.